The van der Waals surface area contributed by atoms with Crippen LogP contribution in [0.25, 0.3) is 11.3 Å². The molecule has 2 saturated heterocycles. The highest BCUT2D eigenvalue weighted by Crippen LogP contribution is 2.27. The number of hydrogen-bond acceptors (Lipinski definition) is 9. The second-order valence-electron chi connectivity index (χ2n) is 13.1. The van der Waals surface area contributed by atoms with Gasteiger partial charge in [-0.3, -0.25) is 4.68 Å². The number of nitrogens with zero attached hydrogens (tertiary/aromatic N) is 6. The summed E-state index contributed by atoms with van der Waals surface area (Å²) in [5.41, 5.74) is 4.20. The summed E-state index contributed by atoms with van der Waals surface area (Å²) in [6, 6.07) is 8.17. The summed E-state index contributed by atoms with van der Waals surface area (Å²) in [6.45, 7) is 12.6. The van der Waals surface area contributed by atoms with Crippen molar-refractivity contribution in [1.82, 2.24) is 34.9 Å². The van der Waals surface area contributed by atoms with E-state index in [0.717, 1.165) is 47.3 Å². The molecule has 2 aliphatic heterocycles. The molecule has 0 unspecified atom stereocenters. The van der Waals surface area contributed by atoms with Crippen molar-refractivity contribution in [2.75, 3.05) is 37.2 Å². The van der Waals surface area contributed by atoms with E-state index in [1.807, 2.05) is 63.7 Å². The van der Waals surface area contributed by atoms with Gasteiger partial charge in [-0.25, -0.2) is 19.6 Å². The molecule has 2 N–H and O–H groups in total. The minimum absolute atomic E-state index is 0.0781. The normalized spacial score (nSPS) is 16.0. The number of benzene rings is 1. The SMILES string of the molecule is CC(C)OC1CN(C(=O)NCc2ccc(-c3ccnc(Nc4cnn(C5CCN(C(=O)OC(C)(C)C)CC5)c4)n3)cc2CCS)C1. The summed E-state index contributed by atoms with van der Waals surface area (Å²) in [5, 5.41) is 10.9. The maximum absolute atomic E-state index is 12.6. The van der Waals surface area contributed by atoms with Gasteiger partial charge in [0.2, 0.25) is 5.95 Å². The van der Waals surface area contributed by atoms with Crippen LogP contribution in [0, 0.1) is 0 Å². The summed E-state index contributed by atoms with van der Waals surface area (Å²) in [5.74, 6) is 1.16. The van der Waals surface area contributed by atoms with Gasteiger partial charge in [0.15, 0.2) is 0 Å². The summed E-state index contributed by atoms with van der Waals surface area (Å²) >= 11 is 4.47. The monoisotopic (exact) mass is 650 g/mol. The number of thiol groups is 1. The van der Waals surface area contributed by atoms with Gasteiger partial charge in [-0.15, -0.1) is 0 Å². The van der Waals surface area contributed by atoms with Crippen molar-refractivity contribution in [2.45, 2.75) is 84.3 Å². The lowest BCUT2D eigenvalue weighted by Crippen LogP contribution is -2.58. The number of likely N-dealkylation sites (tertiary alicyclic amines) is 2. The van der Waals surface area contributed by atoms with Crippen LogP contribution in [0.1, 0.15) is 64.6 Å². The molecule has 0 atom stereocenters. The maximum atomic E-state index is 12.6. The molecule has 12 nitrogen and oxygen atoms in total. The van der Waals surface area contributed by atoms with E-state index in [2.05, 4.69) is 39.4 Å². The van der Waals surface area contributed by atoms with Crippen molar-refractivity contribution in [2.24, 2.45) is 0 Å². The summed E-state index contributed by atoms with van der Waals surface area (Å²) in [4.78, 5) is 37.8. The van der Waals surface area contributed by atoms with Gasteiger partial charge in [0, 0.05) is 37.6 Å². The average Bonchev–Trinajstić information content (AvgIpc) is 3.45. The highest BCUT2D eigenvalue weighted by molar-refractivity contribution is 7.80. The number of anilines is 2. The van der Waals surface area contributed by atoms with Crippen LogP contribution in [-0.2, 0) is 22.4 Å². The molecule has 0 aliphatic carbocycles. The van der Waals surface area contributed by atoms with Crippen molar-refractivity contribution in [3.63, 3.8) is 0 Å². The van der Waals surface area contributed by atoms with Crippen LogP contribution < -0.4 is 10.6 Å². The molecule has 0 spiro atoms. The number of hydrogen-bond donors (Lipinski definition) is 3. The lowest BCUT2D eigenvalue weighted by molar-refractivity contribution is -0.0641. The third kappa shape index (κ3) is 8.91. The van der Waals surface area contributed by atoms with Crippen LogP contribution in [0.4, 0.5) is 21.2 Å². The molecule has 0 bridgehead atoms. The Labute approximate surface area is 276 Å². The van der Waals surface area contributed by atoms with Crippen molar-refractivity contribution < 1.29 is 19.1 Å². The molecule has 0 saturated carbocycles. The lowest BCUT2D eigenvalue weighted by Gasteiger charge is -2.39. The van der Waals surface area contributed by atoms with Crippen molar-refractivity contribution in [3.8, 4) is 11.3 Å². The number of aryl methyl sites for hydroxylation is 1. The fourth-order valence-electron chi connectivity index (χ4n) is 5.62. The van der Waals surface area contributed by atoms with E-state index in [1.165, 1.54) is 0 Å². The molecule has 3 amide bonds. The number of carbonyl (C=O) groups is 2. The van der Waals surface area contributed by atoms with Crippen LogP contribution in [0.2, 0.25) is 0 Å². The Morgan fingerprint density at radius 2 is 1.85 bits per heavy atom. The van der Waals surface area contributed by atoms with Gasteiger partial charge >= 0.3 is 12.1 Å². The Hall–Kier alpha value is -3.84. The Morgan fingerprint density at radius 3 is 2.54 bits per heavy atom. The predicted molar refractivity (Wildman–Crippen MR) is 180 cm³/mol. The van der Waals surface area contributed by atoms with Crippen LogP contribution in [0.3, 0.4) is 0 Å². The van der Waals surface area contributed by atoms with Gasteiger partial charge in [-0.05, 0) is 82.9 Å². The number of nitrogens with one attached hydrogen (secondary N) is 2. The first-order valence-corrected chi connectivity index (χ1v) is 16.6. The molecular formula is C33H46N8O4S. The van der Waals surface area contributed by atoms with Crippen LogP contribution >= 0.6 is 12.6 Å². The molecule has 46 heavy (non-hydrogen) atoms. The Bertz CT molecular complexity index is 1490. The molecule has 4 heterocycles. The summed E-state index contributed by atoms with van der Waals surface area (Å²) < 4.78 is 13.2. The smallest absolute Gasteiger partial charge is 0.410 e. The Kier molecular flexibility index (Phi) is 10.7. The number of aromatic nitrogens is 4. The molecule has 2 aliphatic rings. The molecular weight excluding hydrogens is 604 g/mol. The highest BCUT2D eigenvalue weighted by Gasteiger charge is 2.32. The zero-order valence-corrected chi connectivity index (χ0v) is 28.3. The van der Waals surface area contributed by atoms with Gasteiger partial charge in [0.05, 0.1) is 48.9 Å². The van der Waals surface area contributed by atoms with Crippen LogP contribution in [-0.4, -0.2) is 91.4 Å². The van der Waals surface area contributed by atoms with Crippen LogP contribution in [0.5, 0.6) is 0 Å². The van der Waals surface area contributed by atoms with Gasteiger partial charge < -0.3 is 29.9 Å². The van der Waals surface area contributed by atoms with Crippen molar-refractivity contribution in [1.29, 1.82) is 0 Å². The van der Waals surface area contributed by atoms with Crippen LogP contribution in [0.15, 0.2) is 42.9 Å². The van der Waals surface area contributed by atoms with Gasteiger partial charge in [0.1, 0.15) is 5.60 Å². The zero-order chi connectivity index (χ0) is 32.8. The third-order valence-electron chi connectivity index (χ3n) is 7.92. The third-order valence-corrected chi connectivity index (χ3v) is 8.14. The van der Waals surface area contributed by atoms with E-state index in [4.69, 9.17) is 14.5 Å². The first-order chi connectivity index (χ1) is 22.0. The predicted octanol–water partition coefficient (Wildman–Crippen LogP) is 5.45. The fourth-order valence-corrected chi connectivity index (χ4v) is 5.86. The second kappa shape index (κ2) is 14.7. The van der Waals surface area contributed by atoms with Crippen molar-refractivity contribution in [3.05, 3.63) is 54.0 Å². The summed E-state index contributed by atoms with van der Waals surface area (Å²) in [7, 11) is 0. The van der Waals surface area contributed by atoms with E-state index in [1.54, 1.807) is 22.2 Å². The highest BCUT2D eigenvalue weighted by atomic mass is 32.1. The van der Waals surface area contributed by atoms with Crippen molar-refractivity contribution >= 4 is 36.4 Å². The minimum atomic E-state index is -0.505. The second-order valence-corrected chi connectivity index (χ2v) is 13.6. The first kappa shape index (κ1) is 33.5. The molecule has 13 heteroatoms. The Morgan fingerprint density at radius 1 is 1.09 bits per heavy atom. The minimum Gasteiger partial charge on any atom is -0.444 e. The zero-order valence-electron chi connectivity index (χ0n) is 27.4. The lowest BCUT2D eigenvalue weighted by atomic mass is 10.00. The van der Waals surface area contributed by atoms with E-state index >= 15 is 0 Å². The molecule has 1 aromatic carbocycles. The van der Waals surface area contributed by atoms with Gasteiger partial charge in [-0.2, -0.15) is 17.7 Å². The van der Waals surface area contributed by atoms with E-state index in [9.17, 15) is 9.59 Å². The number of rotatable bonds is 10. The first-order valence-electron chi connectivity index (χ1n) is 16.0. The fraction of sp³-hybridized carbons (Fsp3) is 0.545. The molecule has 3 aromatic rings. The standard InChI is InChI=1S/C33H46N8O4S/c1-22(2)44-28-20-40(21-28)31(42)35-17-25-7-6-24(16-23(25)11-15-46)29-8-12-34-30(38-29)37-26-18-36-41(19-26)27-9-13-39(14-10-27)32(43)45-33(3,4)5/h6-8,12,16,18-19,22,27-28,46H,9-11,13-15,17,20-21H2,1-5H3,(H,35,42)(H,34,37,38). The number of ether oxygens (including phenoxy) is 2. The number of piperidine rings is 1. The number of urea groups is 1. The topological polar surface area (TPSA) is 127 Å². The van der Waals surface area contributed by atoms with Gasteiger partial charge in [0.25, 0.3) is 0 Å². The quantitative estimate of drug-likeness (QED) is 0.248. The number of carbonyl (C=O) groups excluding carboxylic acids is 2. The average molecular weight is 651 g/mol. The number of amides is 3. The maximum Gasteiger partial charge on any atom is 0.410 e. The van der Waals surface area contributed by atoms with E-state index in [-0.39, 0.29) is 30.4 Å². The van der Waals surface area contributed by atoms with E-state index < -0.39 is 5.60 Å². The molecule has 2 aromatic heterocycles. The van der Waals surface area contributed by atoms with E-state index in [0.29, 0.717) is 44.4 Å². The molecule has 248 valence electrons. The molecule has 2 fully saturated rings. The molecule has 5 rings (SSSR count). The summed E-state index contributed by atoms with van der Waals surface area (Å²) in [6.07, 6.45) is 7.82. The van der Waals surface area contributed by atoms with Gasteiger partial charge in [-0.1, -0.05) is 12.1 Å². The molecule has 0 radical (unpaired) electrons. The largest absolute Gasteiger partial charge is 0.444 e. The Balaban J connectivity index is 1.17.